The van der Waals surface area contributed by atoms with Crippen molar-refractivity contribution in [3.8, 4) is 0 Å². The van der Waals surface area contributed by atoms with Crippen molar-refractivity contribution < 1.29 is 5.11 Å². The summed E-state index contributed by atoms with van der Waals surface area (Å²) in [5.74, 6) is 0. The first-order chi connectivity index (χ1) is 9.40. The number of benzene rings is 1. The topological polar surface area (TPSA) is 36.4 Å². The molecule has 1 saturated heterocycles. The van der Waals surface area contributed by atoms with Gasteiger partial charge in [-0.05, 0) is 25.0 Å². The highest BCUT2D eigenvalue weighted by Crippen LogP contribution is 2.29. The quantitative estimate of drug-likeness (QED) is 0.897. The monoisotopic (exact) mass is 256 g/mol. The molecule has 0 bridgehead atoms. The number of hydrogen-bond donors (Lipinski definition) is 1. The van der Waals surface area contributed by atoms with Crippen LogP contribution in [0, 0.1) is 0 Å². The molecule has 3 rings (SSSR count). The fourth-order valence-corrected chi connectivity index (χ4v) is 3.02. The second kappa shape index (κ2) is 5.57. The first kappa shape index (κ1) is 12.4. The minimum atomic E-state index is 0.233. The summed E-state index contributed by atoms with van der Waals surface area (Å²) in [5.41, 5.74) is 2.24. The molecule has 1 aliphatic rings. The molecule has 1 fully saturated rings. The van der Waals surface area contributed by atoms with Crippen molar-refractivity contribution in [1.82, 2.24) is 4.98 Å². The minimum Gasteiger partial charge on any atom is -0.394 e. The second-order valence-corrected chi connectivity index (χ2v) is 5.23. The van der Waals surface area contributed by atoms with E-state index in [0.717, 1.165) is 18.5 Å². The summed E-state index contributed by atoms with van der Waals surface area (Å²) in [5, 5.41) is 10.8. The third kappa shape index (κ3) is 2.43. The summed E-state index contributed by atoms with van der Waals surface area (Å²) in [4.78, 5) is 6.79. The Kier molecular flexibility index (Phi) is 3.65. The highest BCUT2D eigenvalue weighted by Gasteiger charge is 2.21. The Morgan fingerprint density at radius 1 is 1.16 bits per heavy atom. The van der Waals surface area contributed by atoms with Gasteiger partial charge in [-0.1, -0.05) is 31.0 Å². The van der Waals surface area contributed by atoms with Crippen LogP contribution in [0.25, 0.3) is 10.9 Å². The smallest absolute Gasteiger partial charge is 0.0722 e. The summed E-state index contributed by atoms with van der Waals surface area (Å²) in [6, 6.07) is 10.6. The summed E-state index contributed by atoms with van der Waals surface area (Å²) in [6.07, 6.45) is 6.62. The Hall–Kier alpha value is -1.61. The lowest BCUT2D eigenvalue weighted by molar-refractivity contribution is 0.255. The van der Waals surface area contributed by atoms with Gasteiger partial charge in [0, 0.05) is 23.8 Å². The Morgan fingerprint density at radius 3 is 2.95 bits per heavy atom. The SMILES string of the molecule is OCC1CCCCCN1c1ccnc2ccccc12. The van der Waals surface area contributed by atoms with E-state index in [-0.39, 0.29) is 12.6 Å². The molecule has 0 aliphatic carbocycles. The average Bonchev–Trinajstić information content (AvgIpc) is 2.71. The third-order valence-electron chi connectivity index (χ3n) is 4.02. The van der Waals surface area contributed by atoms with Crippen LogP contribution in [-0.4, -0.2) is 29.3 Å². The van der Waals surface area contributed by atoms with Crippen LogP contribution in [-0.2, 0) is 0 Å². The predicted octanol–water partition coefficient (Wildman–Crippen LogP) is 2.98. The van der Waals surface area contributed by atoms with Gasteiger partial charge in [-0.2, -0.15) is 0 Å². The van der Waals surface area contributed by atoms with E-state index in [0.29, 0.717) is 0 Å². The molecule has 1 aromatic heterocycles. The van der Waals surface area contributed by atoms with Crippen LogP contribution >= 0.6 is 0 Å². The van der Waals surface area contributed by atoms with Gasteiger partial charge in [0.1, 0.15) is 0 Å². The van der Waals surface area contributed by atoms with Gasteiger partial charge in [-0.25, -0.2) is 0 Å². The molecule has 1 unspecified atom stereocenters. The highest BCUT2D eigenvalue weighted by atomic mass is 16.3. The first-order valence-electron chi connectivity index (χ1n) is 7.11. The van der Waals surface area contributed by atoms with Crippen LogP contribution in [0.4, 0.5) is 5.69 Å². The van der Waals surface area contributed by atoms with Crippen molar-refractivity contribution in [3.63, 3.8) is 0 Å². The maximum atomic E-state index is 9.66. The fraction of sp³-hybridized carbons (Fsp3) is 0.438. The molecule has 1 atom stereocenters. The molecule has 3 nitrogen and oxygen atoms in total. The Bertz CT molecular complexity index is 550. The van der Waals surface area contributed by atoms with Gasteiger partial charge in [-0.15, -0.1) is 0 Å². The van der Waals surface area contributed by atoms with Crippen LogP contribution in [0.15, 0.2) is 36.5 Å². The molecular weight excluding hydrogens is 236 g/mol. The molecule has 2 aromatic rings. The molecule has 19 heavy (non-hydrogen) atoms. The maximum absolute atomic E-state index is 9.66. The number of para-hydroxylation sites is 1. The number of aromatic nitrogens is 1. The lowest BCUT2D eigenvalue weighted by atomic mass is 10.1. The van der Waals surface area contributed by atoms with Crippen LogP contribution in [0.2, 0.25) is 0 Å². The van der Waals surface area contributed by atoms with E-state index in [1.54, 1.807) is 0 Å². The molecule has 0 amide bonds. The molecule has 3 heteroatoms. The molecule has 0 saturated carbocycles. The number of aliphatic hydroxyl groups is 1. The maximum Gasteiger partial charge on any atom is 0.0722 e. The Labute approximate surface area is 113 Å². The van der Waals surface area contributed by atoms with Gasteiger partial charge >= 0.3 is 0 Å². The number of rotatable bonds is 2. The molecule has 0 spiro atoms. The lowest BCUT2D eigenvalue weighted by Gasteiger charge is -2.31. The van der Waals surface area contributed by atoms with E-state index >= 15 is 0 Å². The summed E-state index contributed by atoms with van der Waals surface area (Å²) >= 11 is 0. The zero-order valence-corrected chi connectivity index (χ0v) is 11.1. The van der Waals surface area contributed by atoms with Crippen LogP contribution in [0.3, 0.4) is 0 Å². The van der Waals surface area contributed by atoms with Crippen molar-refractivity contribution in [2.75, 3.05) is 18.1 Å². The molecule has 2 heterocycles. The molecule has 1 N–H and O–H groups in total. The van der Waals surface area contributed by atoms with Crippen molar-refractivity contribution in [1.29, 1.82) is 0 Å². The minimum absolute atomic E-state index is 0.233. The summed E-state index contributed by atoms with van der Waals surface area (Å²) in [6.45, 7) is 1.26. The van der Waals surface area contributed by atoms with Gasteiger partial charge in [0.25, 0.3) is 0 Å². The number of nitrogens with zero attached hydrogens (tertiary/aromatic N) is 2. The van der Waals surface area contributed by atoms with E-state index in [1.807, 2.05) is 18.3 Å². The zero-order valence-electron chi connectivity index (χ0n) is 11.1. The van der Waals surface area contributed by atoms with Crippen molar-refractivity contribution in [2.24, 2.45) is 0 Å². The first-order valence-corrected chi connectivity index (χ1v) is 7.11. The number of anilines is 1. The Morgan fingerprint density at radius 2 is 2.05 bits per heavy atom. The van der Waals surface area contributed by atoms with Crippen molar-refractivity contribution >= 4 is 16.6 Å². The van der Waals surface area contributed by atoms with Crippen molar-refractivity contribution in [3.05, 3.63) is 36.5 Å². The van der Waals surface area contributed by atoms with Gasteiger partial charge in [0.05, 0.1) is 18.2 Å². The van der Waals surface area contributed by atoms with Gasteiger partial charge in [0.15, 0.2) is 0 Å². The van der Waals surface area contributed by atoms with Crippen molar-refractivity contribution in [2.45, 2.75) is 31.7 Å². The second-order valence-electron chi connectivity index (χ2n) is 5.23. The van der Waals surface area contributed by atoms with Gasteiger partial charge < -0.3 is 10.0 Å². The lowest BCUT2D eigenvalue weighted by Crippen LogP contribution is -2.37. The van der Waals surface area contributed by atoms with Gasteiger partial charge in [-0.3, -0.25) is 4.98 Å². The standard InChI is InChI=1S/C16H20N2O/c19-12-13-6-2-1-5-11-18(13)16-9-10-17-15-8-4-3-7-14(15)16/h3-4,7-10,13,19H,1-2,5-6,11-12H2. The predicted molar refractivity (Wildman–Crippen MR) is 78.4 cm³/mol. The van der Waals surface area contributed by atoms with Gasteiger partial charge in [0.2, 0.25) is 0 Å². The number of aliphatic hydroxyl groups excluding tert-OH is 1. The normalized spacial score (nSPS) is 20.5. The van der Waals surface area contributed by atoms with Crippen LogP contribution in [0.1, 0.15) is 25.7 Å². The molecular formula is C16H20N2O. The number of fused-ring (bicyclic) bond motifs is 1. The highest BCUT2D eigenvalue weighted by molar-refractivity contribution is 5.91. The largest absolute Gasteiger partial charge is 0.394 e. The third-order valence-corrected chi connectivity index (χ3v) is 4.02. The molecule has 1 aromatic carbocycles. The fourth-order valence-electron chi connectivity index (χ4n) is 3.02. The number of hydrogen-bond acceptors (Lipinski definition) is 3. The van der Waals surface area contributed by atoms with E-state index in [4.69, 9.17) is 0 Å². The van der Waals surface area contributed by atoms with Crippen LogP contribution in [0.5, 0.6) is 0 Å². The van der Waals surface area contributed by atoms with E-state index in [1.165, 1.54) is 30.3 Å². The Balaban J connectivity index is 2.06. The molecule has 0 radical (unpaired) electrons. The summed E-state index contributed by atoms with van der Waals surface area (Å²) in [7, 11) is 0. The molecule has 1 aliphatic heterocycles. The van der Waals surface area contributed by atoms with Crippen LogP contribution < -0.4 is 4.90 Å². The van der Waals surface area contributed by atoms with E-state index in [9.17, 15) is 5.11 Å². The summed E-state index contributed by atoms with van der Waals surface area (Å²) < 4.78 is 0. The molecule has 100 valence electrons. The zero-order chi connectivity index (χ0) is 13.1. The number of pyridine rings is 1. The van der Waals surface area contributed by atoms with E-state index < -0.39 is 0 Å². The van der Waals surface area contributed by atoms with E-state index in [2.05, 4.69) is 28.1 Å². The average molecular weight is 256 g/mol.